The van der Waals surface area contributed by atoms with Crippen LogP contribution in [0, 0.1) is 3.57 Å². The van der Waals surface area contributed by atoms with Gasteiger partial charge in [-0.05, 0) is 40.8 Å². The summed E-state index contributed by atoms with van der Waals surface area (Å²) >= 11 is 2.13. The first-order valence-electron chi connectivity index (χ1n) is 3.87. The van der Waals surface area contributed by atoms with Crippen LogP contribution in [0.3, 0.4) is 0 Å². The number of anilines is 1. The molecule has 0 amide bonds. The quantitative estimate of drug-likeness (QED) is 0.856. The molecule has 6 heteroatoms. The van der Waals surface area contributed by atoms with E-state index in [4.69, 9.17) is 0 Å². The lowest BCUT2D eigenvalue weighted by atomic mass is 10.3. The van der Waals surface area contributed by atoms with Crippen LogP contribution in [0.1, 0.15) is 0 Å². The van der Waals surface area contributed by atoms with Gasteiger partial charge in [0.05, 0.1) is 5.69 Å². The van der Waals surface area contributed by atoms with E-state index in [-0.39, 0.29) is 0 Å². The molecule has 0 spiro atoms. The van der Waals surface area contributed by atoms with Gasteiger partial charge in [0.1, 0.15) is 0 Å². The molecule has 1 aromatic carbocycles. The summed E-state index contributed by atoms with van der Waals surface area (Å²) in [5.41, 5.74) is 0.575. The fourth-order valence-electron chi connectivity index (χ4n) is 0.792. The molecular weight excluding hydrogens is 315 g/mol. The summed E-state index contributed by atoms with van der Waals surface area (Å²) in [4.78, 5) is 0. The molecule has 0 atom stereocenters. The van der Waals surface area contributed by atoms with Crippen molar-refractivity contribution in [3.8, 4) is 0 Å². The Labute approximate surface area is 97.6 Å². The van der Waals surface area contributed by atoms with Crippen LogP contribution in [0.4, 0.5) is 5.69 Å². The van der Waals surface area contributed by atoms with Gasteiger partial charge in [0.25, 0.3) is 0 Å². The molecule has 4 nitrogen and oxygen atoms in total. The van der Waals surface area contributed by atoms with Crippen LogP contribution in [-0.2, 0) is 10.2 Å². The highest BCUT2D eigenvalue weighted by Crippen LogP contribution is 2.14. The summed E-state index contributed by atoms with van der Waals surface area (Å²) in [6, 6.07) is 7.17. The van der Waals surface area contributed by atoms with Crippen molar-refractivity contribution in [2.45, 2.75) is 0 Å². The van der Waals surface area contributed by atoms with Crippen molar-refractivity contribution in [1.29, 1.82) is 0 Å². The monoisotopic (exact) mass is 326 g/mol. The van der Waals surface area contributed by atoms with E-state index < -0.39 is 10.2 Å². The third kappa shape index (κ3) is 3.10. The van der Waals surface area contributed by atoms with E-state index in [1.807, 2.05) is 6.07 Å². The minimum Gasteiger partial charge on any atom is -0.271 e. The molecule has 0 aliphatic carbocycles. The van der Waals surface area contributed by atoms with Crippen molar-refractivity contribution in [2.75, 3.05) is 18.8 Å². The molecule has 0 aromatic heterocycles. The van der Waals surface area contributed by atoms with Gasteiger partial charge in [0.15, 0.2) is 0 Å². The largest absolute Gasteiger partial charge is 0.301 e. The molecule has 1 aromatic rings. The second-order valence-electron chi connectivity index (χ2n) is 2.90. The summed E-state index contributed by atoms with van der Waals surface area (Å²) in [5, 5.41) is 0. The molecule has 0 radical (unpaired) electrons. The Bertz CT molecular complexity index is 417. The zero-order chi connectivity index (χ0) is 10.8. The predicted octanol–water partition coefficient (Wildman–Crippen LogP) is 1.51. The lowest BCUT2D eigenvalue weighted by Crippen LogP contribution is -2.28. The Morgan fingerprint density at radius 2 is 2.00 bits per heavy atom. The standard InChI is InChI=1S/C8H11IN2O2S/c1-11(2)14(12,13)10-8-5-3-4-7(9)6-8/h3-6,10H,1-2H3. The van der Waals surface area contributed by atoms with Crippen molar-refractivity contribution in [2.24, 2.45) is 0 Å². The molecule has 78 valence electrons. The van der Waals surface area contributed by atoms with Gasteiger partial charge >= 0.3 is 10.2 Å². The van der Waals surface area contributed by atoms with E-state index in [2.05, 4.69) is 27.3 Å². The smallest absolute Gasteiger partial charge is 0.271 e. The molecule has 0 saturated heterocycles. The first-order valence-corrected chi connectivity index (χ1v) is 6.39. The highest BCUT2D eigenvalue weighted by Gasteiger charge is 2.12. The van der Waals surface area contributed by atoms with Crippen LogP contribution in [0.2, 0.25) is 0 Å². The summed E-state index contributed by atoms with van der Waals surface area (Å²) in [7, 11) is -0.423. The van der Waals surface area contributed by atoms with Gasteiger partial charge in [-0.15, -0.1) is 0 Å². The number of nitrogens with one attached hydrogen (secondary N) is 1. The van der Waals surface area contributed by atoms with Crippen molar-refractivity contribution in [3.63, 3.8) is 0 Å². The molecular formula is C8H11IN2O2S. The van der Waals surface area contributed by atoms with Gasteiger partial charge in [0, 0.05) is 17.7 Å². The molecule has 1 rings (SSSR count). The number of benzene rings is 1. The molecule has 0 bridgehead atoms. The minimum absolute atomic E-state index is 0.575. The first-order chi connectivity index (χ1) is 6.42. The van der Waals surface area contributed by atoms with E-state index >= 15 is 0 Å². The van der Waals surface area contributed by atoms with E-state index in [0.717, 1.165) is 7.88 Å². The molecule has 0 fully saturated rings. The highest BCUT2D eigenvalue weighted by molar-refractivity contribution is 14.1. The normalized spacial score (nSPS) is 11.7. The molecule has 0 aliphatic heterocycles. The maximum atomic E-state index is 11.4. The van der Waals surface area contributed by atoms with Crippen molar-refractivity contribution >= 4 is 38.5 Å². The average molecular weight is 326 g/mol. The number of halogens is 1. The Morgan fingerprint density at radius 1 is 1.36 bits per heavy atom. The van der Waals surface area contributed by atoms with Crippen LogP contribution in [0.15, 0.2) is 24.3 Å². The average Bonchev–Trinajstić information content (AvgIpc) is 2.02. The first kappa shape index (κ1) is 11.7. The third-order valence-corrected chi connectivity index (χ3v) is 3.68. The zero-order valence-electron chi connectivity index (χ0n) is 7.86. The highest BCUT2D eigenvalue weighted by atomic mass is 127. The second-order valence-corrected chi connectivity index (χ2v) is 6.03. The summed E-state index contributed by atoms with van der Waals surface area (Å²) in [6.45, 7) is 0. The Morgan fingerprint density at radius 3 is 2.50 bits per heavy atom. The summed E-state index contributed by atoms with van der Waals surface area (Å²) in [6.07, 6.45) is 0. The molecule has 0 unspecified atom stereocenters. The SMILES string of the molecule is CN(C)S(=O)(=O)Nc1cccc(I)c1. The summed E-state index contributed by atoms with van der Waals surface area (Å²) < 4.78 is 27.4. The maximum absolute atomic E-state index is 11.4. The van der Waals surface area contributed by atoms with Gasteiger partial charge in [0.2, 0.25) is 0 Å². The Balaban J connectivity index is 2.90. The van der Waals surface area contributed by atoms with Gasteiger partial charge in [-0.25, -0.2) is 0 Å². The molecule has 0 aliphatic rings. The van der Waals surface area contributed by atoms with E-state index in [9.17, 15) is 8.42 Å². The van der Waals surface area contributed by atoms with E-state index in [1.165, 1.54) is 14.1 Å². The van der Waals surface area contributed by atoms with Gasteiger partial charge in [-0.2, -0.15) is 12.7 Å². The van der Waals surface area contributed by atoms with Crippen molar-refractivity contribution in [3.05, 3.63) is 27.8 Å². The number of rotatable bonds is 3. The van der Waals surface area contributed by atoms with Crippen LogP contribution in [0.25, 0.3) is 0 Å². The van der Waals surface area contributed by atoms with Gasteiger partial charge < -0.3 is 0 Å². The topological polar surface area (TPSA) is 49.4 Å². The minimum atomic E-state index is -3.39. The third-order valence-electron chi connectivity index (χ3n) is 1.55. The Hall–Kier alpha value is -0.340. The van der Waals surface area contributed by atoms with Crippen molar-refractivity contribution in [1.82, 2.24) is 4.31 Å². The lowest BCUT2D eigenvalue weighted by molar-refractivity contribution is 0.527. The maximum Gasteiger partial charge on any atom is 0.301 e. The van der Waals surface area contributed by atoms with Crippen molar-refractivity contribution < 1.29 is 8.42 Å². The van der Waals surface area contributed by atoms with Crippen LogP contribution in [0.5, 0.6) is 0 Å². The van der Waals surface area contributed by atoms with Crippen LogP contribution in [-0.4, -0.2) is 26.8 Å². The number of hydrogen-bond donors (Lipinski definition) is 1. The Kier molecular flexibility index (Phi) is 3.73. The number of nitrogens with zero attached hydrogens (tertiary/aromatic N) is 1. The van der Waals surface area contributed by atoms with Gasteiger partial charge in [-0.1, -0.05) is 6.07 Å². The molecule has 0 saturated carbocycles. The van der Waals surface area contributed by atoms with E-state index in [0.29, 0.717) is 5.69 Å². The fraction of sp³-hybridized carbons (Fsp3) is 0.250. The summed E-state index contributed by atoms with van der Waals surface area (Å²) in [5.74, 6) is 0. The van der Waals surface area contributed by atoms with Crippen LogP contribution >= 0.6 is 22.6 Å². The molecule has 14 heavy (non-hydrogen) atoms. The molecule has 0 heterocycles. The van der Waals surface area contributed by atoms with Crippen LogP contribution < -0.4 is 4.72 Å². The predicted molar refractivity (Wildman–Crippen MR) is 65.4 cm³/mol. The number of hydrogen-bond acceptors (Lipinski definition) is 2. The van der Waals surface area contributed by atoms with E-state index in [1.54, 1.807) is 18.2 Å². The zero-order valence-corrected chi connectivity index (χ0v) is 10.8. The lowest BCUT2D eigenvalue weighted by Gasteiger charge is -2.13. The fourth-order valence-corrected chi connectivity index (χ4v) is 1.94. The van der Waals surface area contributed by atoms with Gasteiger partial charge in [-0.3, -0.25) is 4.72 Å². The second kappa shape index (κ2) is 4.45. The molecule has 1 N–H and O–H groups in total.